The molecular weight excluding hydrogens is 209 g/mol. The predicted octanol–water partition coefficient (Wildman–Crippen LogP) is 1.77. The molecule has 1 aromatic carbocycles. The van der Waals surface area contributed by atoms with Crippen LogP contribution in [0, 0.1) is 5.82 Å². The standard InChI is InChI=1S/C12H16FNO2/c1-14(8-6-12(15)16)7-5-10-3-2-4-11(13)9-10/h2-4,9H,5-8H2,1H3,(H,15,16). The zero-order valence-electron chi connectivity index (χ0n) is 9.32. The van der Waals surface area contributed by atoms with E-state index in [-0.39, 0.29) is 12.2 Å². The van der Waals surface area contributed by atoms with E-state index >= 15 is 0 Å². The Kier molecular flexibility index (Phi) is 4.92. The van der Waals surface area contributed by atoms with E-state index in [1.807, 2.05) is 18.0 Å². The second-order valence-corrected chi connectivity index (χ2v) is 3.83. The van der Waals surface area contributed by atoms with Gasteiger partial charge in [-0.2, -0.15) is 0 Å². The van der Waals surface area contributed by atoms with Crippen molar-refractivity contribution in [3.8, 4) is 0 Å². The van der Waals surface area contributed by atoms with Crippen molar-refractivity contribution >= 4 is 5.97 Å². The van der Waals surface area contributed by atoms with Gasteiger partial charge < -0.3 is 10.0 Å². The van der Waals surface area contributed by atoms with Crippen molar-refractivity contribution in [1.29, 1.82) is 0 Å². The molecule has 0 aliphatic heterocycles. The summed E-state index contributed by atoms with van der Waals surface area (Å²) in [5.41, 5.74) is 0.933. The zero-order chi connectivity index (χ0) is 12.0. The van der Waals surface area contributed by atoms with E-state index in [1.54, 1.807) is 6.07 Å². The molecule has 16 heavy (non-hydrogen) atoms. The number of rotatable bonds is 6. The molecule has 0 saturated heterocycles. The molecule has 0 fully saturated rings. The second-order valence-electron chi connectivity index (χ2n) is 3.83. The molecule has 0 aromatic heterocycles. The van der Waals surface area contributed by atoms with Gasteiger partial charge in [0.2, 0.25) is 0 Å². The van der Waals surface area contributed by atoms with E-state index in [0.29, 0.717) is 6.54 Å². The van der Waals surface area contributed by atoms with Crippen molar-refractivity contribution < 1.29 is 14.3 Å². The van der Waals surface area contributed by atoms with Crippen LogP contribution in [0.5, 0.6) is 0 Å². The first-order chi connectivity index (χ1) is 7.58. The fourth-order valence-corrected chi connectivity index (χ4v) is 1.41. The molecule has 1 aromatic rings. The highest BCUT2D eigenvalue weighted by Gasteiger charge is 2.03. The molecular formula is C12H16FNO2. The molecule has 0 aliphatic rings. The van der Waals surface area contributed by atoms with Gasteiger partial charge in [0.05, 0.1) is 6.42 Å². The lowest BCUT2D eigenvalue weighted by Gasteiger charge is -2.15. The van der Waals surface area contributed by atoms with Gasteiger partial charge in [-0.15, -0.1) is 0 Å². The highest BCUT2D eigenvalue weighted by molar-refractivity contribution is 5.66. The fourth-order valence-electron chi connectivity index (χ4n) is 1.41. The highest BCUT2D eigenvalue weighted by Crippen LogP contribution is 2.04. The molecule has 0 aliphatic carbocycles. The fraction of sp³-hybridized carbons (Fsp3) is 0.417. The summed E-state index contributed by atoms with van der Waals surface area (Å²) in [5.74, 6) is -1.02. The third-order valence-electron chi connectivity index (χ3n) is 2.38. The summed E-state index contributed by atoms with van der Waals surface area (Å²) in [6.07, 6.45) is 0.869. The van der Waals surface area contributed by atoms with E-state index in [4.69, 9.17) is 5.11 Å². The molecule has 1 rings (SSSR count). The Morgan fingerprint density at radius 1 is 1.44 bits per heavy atom. The molecule has 88 valence electrons. The zero-order valence-corrected chi connectivity index (χ0v) is 9.32. The maximum absolute atomic E-state index is 12.9. The Morgan fingerprint density at radius 2 is 2.19 bits per heavy atom. The largest absolute Gasteiger partial charge is 0.481 e. The minimum atomic E-state index is -0.794. The van der Waals surface area contributed by atoms with Crippen LogP contribution in [0.4, 0.5) is 4.39 Å². The maximum Gasteiger partial charge on any atom is 0.304 e. The monoisotopic (exact) mass is 225 g/mol. The van der Waals surface area contributed by atoms with Gasteiger partial charge in [-0.3, -0.25) is 4.79 Å². The first kappa shape index (κ1) is 12.6. The second kappa shape index (κ2) is 6.23. The summed E-state index contributed by atoms with van der Waals surface area (Å²) in [4.78, 5) is 12.3. The van der Waals surface area contributed by atoms with E-state index in [1.165, 1.54) is 12.1 Å². The smallest absolute Gasteiger partial charge is 0.304 e. The topological polar surface area (TPSA) is 40.5 Å². The average molecular weight is 225 g/mol. The minimum Gasteiger partial charge on any atom is -0.481 e. The predicted molar refractivity (Wildman–Crippen MR) is 59.9 cm³/mol. The van der Waals surface area contributed by atoms with Gasteiger partial charge in [0, 0.05) is 13.1 Å². The number of carboxylic acid groups (broad SMARTS) is 1. The van der Waals surface area contributed by atoms with Crippen LogP contribution in [0.3, 0.4) is 0 Å². The molecule has 0 bridgehead atoms. The van der Waals surface area contributed by atoms with Gasteiger partial charge >= 0.3 is 5.97 Å². The van der Waals surface area contributed by atoms with Crippen molar-refractivity contribution in [3.63, 3.8) is 0 Å². The van der Waals surface area contributed by atoms with Crippen LogP contribution in [0.25, 0.3) is 0 Å². The number of benzene rings is 1. The summed E-state index contributed by atoms with van der Waals surface area (Å²) in [5, 5.41) is 8.51. The molecule has 0 radical (unpaired) electrons. The van der Waals surface area contributed by atoms with E-state index in [2.05, 4.69) is 0 Å². The third-order valence-corrected chi connectivity index (χ3v) is 2.38. The van der Waals surface area contributed by atoms with Gasteiger partial charge in [0.1, 0.15) is 5.82 Å². The Hall–Kier alpha value is -1.42. The number of likely N-dealkylation sites (N-methyl/N-ethyl adjacent to an activating group) is 1. The maximum atomic E-state index is 12.9. The highest BCUT2D eigenvalue weighted by atomic mass is 19.1. The Bertz CT molecular complexity index is 355. The number of aliphatic carboxylic acids is 1. The number of hydrogen-bond acceptors (Lipinski definition) is 2. The number of carboxylic acids is 1. The van der Waals surface area contributed by atoms with Crippen LogP contribution >= 0.6 is 0 Å². The summed E-state index contributed by atoms with van der Waals surface area (Å²) in [6.45, 7) is 1.25. The van der Waals surface area contributed by atoms with Crippen LogP contribution in [0.2, 0.25) is 0 Å². The minimum absolute atomic E-state index is 0.139. The van der Waals surface area contributed by atoms with Gasteiger partial charge in [-0.1, -0.05) is 12.1 Å². The van der Waals surface area contributed by atoms with Crippen LogP contribution in [0.1, 0.15) is 12.0 Å². The average Bonchev–Trinajstić information content (AvgIpc) is 2.23. The molecule has 1 N–H and O–H groups in total. The summed E-state index contributed by atoms with van der Waals surface area (Å²) < 4.78 is 12.9. The van der Waals surface area contributed by atoms with Gasteiger partial charge in [-0.05, 0) is 31.2 Å². The molecule has 4 heteroatoms. The van der Waals surface area contributed by atoms with Crippen LogP contribution in [-0.4, -0.2) is 36.1 Å². The van der Waals surface area contributed by atoms with E-state index in [9.17, 15) is 9.18 Å². The number of nitrogens with zero attached hydrogens (tertiary/aromatic N) is 1. The summed E-state index contributed by atoms with van der Waals surface area (Å²) >= 11 is 0. The summed E-state index contributed by atoms with van der Waals surface area (Å²) in [7, 11) is 1.86. The van der Waals surface area contributed by atoms with Crippen LogP contribution in [-0.2, 0) is 11.2 Å². The first-order valence-corrected chi connectivity index (χ1v) is 5.22. The molecule has 0 unspecified atom stereocenters. The number of halogens is 1. The lowest BCUT2D eigenvalue weighted by atomic mass is 10.1. The molecule has 0 atom stereocenters. The van der Waals surface area contributed by atoms with Crippen molar-refractivity contribution in [2.45, 2.75) is 12.8 Å². The Labute approximate surface area is 94.5 Å². The van der Waals surface area contributed by atoms with Crippen molar-refractivity contribution in [3.05, 3.63) is 35.6 Å². The third kappa shape index (κ3) is 4.89. The van der Waals surface area contributed by atoms with Gasteiger partial charge in [0.15, 0.2) is 0 Å². The Morgan fingerprint density at radius 3 is 2.81 bits per heavy atom. The summed E-state index contributed by atoms with van der Waals surface area (Å²) in [6, 6.07) is 6.47. The van der Waals surface area contributed by atoms with E-state index in [0.717, 1.165) is 18.5 Å². The molecule has 0 heterocycles. The van der Waals surface area contributed by atoms with Crippen LogP contribution < -0.4 is 0 Å². The quantitative estimate of drug-likeness (QED) is 0.802. The Balaban J connectivity index is 2.31. The van der Waals surface area contributed by atoms with Crippen molar-refractivity contribution in [2.75, 3.05) is 20.1 Å². The lowest BCUT2D eigenvalue weighted by molar-refractivity contribution is -0.137. The van der Waals surface area contributed by atoms with Crippen molar-refractivity contribution in [1.82, 2.24) is 4.90 Å². The van der Waals surface area contributed by atoms with Crippen molar-refractivity contribution in [2.24, 2.45) is 0 Å². The molecule has 3 nitrogen and oxygen atoms in total. The normalized spacial score (nSPS) is 10.7. The lowest BCUT2D eigenvalue weighted by Crippen LogP contribution is -2.24. The van der Waals surface area contributed by atoms with Gasteiger partial charge in [0.25, 0.3) is 0 Å². The SMILES string of the molecule is CN(CCC(=O)O)CCc1cccc(F)c1. The molecule has 0 amide bonds. The van der Waals surface area contributed by atoms with Gasteiger partial charge in [-0.25, -0.2) is 4.39 Å². The molecule has 0 spiro atoms. The number of carbonyl (C=O) groups is 1. The van der Waals surface area contributed by atoms with Crippen LogP contribution in [0.15, 0.2) is 24.3 Å². The number of hydrogen-bond donors (Lipinski definition) is 1. The first-order valence-electron chi connectivity index (χ1n) is 5.22. The molecule has 0 saturated carbocycles. The van der Waals surface area contributed by atoms with E-state index < -0.39 is 5.97 Å².